The number of hydrogen-bond donors (Lipinski definition) is 1. The lowest BCUT2D eigenvalue weighted by atomic mass is 10.1. The lowest BCUT2D eigenvalue weighted by molar-refractivity contribution is 0.409. The monoisotopic (exact) mass is 342 g/mol. The SMILES string of the molecule is COc1ccccc1CCNCc1ncc(-c2ccc(F)cc2)s1. The van der Waals surface area contributed by atoms with Crippen LogP contribution in [0.2, 0.25) is 0 Å². The highest BCUT2D eigenvalue weighted by Crippen LogP contribution is 2.26. The molecule has 0 unspecified atom stereocenters. The van der Waals surface area contributed by atoms with E-state index in [-0.39, 0.29) is 5.82 Å². The first-order valence-electron chi connectivity index (χ1n) is 7.79. The van der Waals surface area contributed by atoms with Crippen LogP contribution in [0.4, 0.5) is 4.39 Å². The second kappa shape index (κ2) is 8.04. The number of para-hydroxylation sites is 1. The van der Waals surface area contributed by atoms with Crippen molar-refractivity contribution in [1.29, 1.82) is 0 Å². The van der Waals surface area contributed by atoms with E-state index >= 15 is 0 Å². The Labute approximate surface area is 145 Å². The summed E-state index contributed by atoms with van der Waals surface area (Å²) >= 11 is 1.62. The number of ether oxygens (including phenoxy) is 1. The smallest absolute Gasteiger partial charge is 0.123 e. The number of methoxy groups -OCH3 is 1. The van der Waals surface area contributed by atoms with Crippen molar-refractivity contribution in [2.45, 2.75) is 13.0 Å². The van der Waals surface area contributed by atoms with Crippen LogP contribution in [0.3, 0.4) is 0 Å². The predicted octanol–water partition coefficient (Wildman–Crippen LogP) is 4.29. The molecule has 0 aliphatic heterocycles. The van der Waals surface area contributed by atoms with E-state index in [1.807, 2.05) is 24.4 Å². The lowest BCUT2D eigenvalue weighted by Crippen LogP contribution is -2.16. The third kappa shape index (κ3) is 4.19. The Bertz CT molecular complexity index is 786. The zero-order valence-electron chi connectivity index (χ0n) is 13.5. The summed E-state index contributed by atoms with van der Waals surface area (Å²) in [6, 6.07) is 14.6. The van der Waals surface area contributed by atoms with Gasteiger partial charge >= 0.3 is 0 Å². The molecule has 3 aromatic rings. The van der Waals surface area contributed by atoms with E-state index in [4.69, 9.17) is 4.74 Å². The summed E-state index contributed by atoms with van der Waals surface area (Å²) < 4.78 is 18.3. The number of benzene rings is 2. The Morgan fingerprint density at radius 1 is 1.12 bits per heavy atom. The molecule has 1 heterocycles. The summed E-state index contributed by atoms with van der Waals surface area (Å²) in [5, 5.41) is 4.43. The maximum atomic E-state index is 13.0. The van der Waals surface area contributed by atoms with Crippen molar-refractivity contribution in [3.8, 4) is 16.2 Å². The van der Waals surface area contributed by atoms with Gasteiger partial charge in [0.05, 0.1) is 12.0 Å². The van der Waals surface area contributed by atoms with Crippen molar-refractivity contribution in [2.24, 2.45) is 0 Å². The average molecular weight is 342 g/mol. The predicted molar refractivity (Wildman–Crippen MR) is 95.9 cm³/mol. The van der Waals surface area contributed by atoms with Crippen LogP contribution in [0.15, 0.2) is 54.7 Å². The van der Waals surface area contributed by atoms with Crippen molar-refractivity contribution in [3.05, 3.63) is 71.1 Å². The van der Waals surface area contributed by atoms with Crippen LogP contribution >= 0.6 is 11.3 Å². The topological polar surface area (TPSA) is 34.1 Å². The molecule has 1 aromatic heterocycles. The fourth-order valence-electron chi connectivity index (χ4n) is 2.47. The second-order valence-corrected chi connectivity index (χ2v) is 6.48. The third-order valence-electron chi connectivity index (χ3n) is 3.72. The molecule has 0 saturated carbocycles. The van der Waals surface area contributed by atoms with Crippen LogP contribution in [0.1, 0.15) is 10.6 Å². The Kier molecular flexibility index (Phi) is 5.56. The van der Waals surface area contributed by atoms with Gasteiger partial charge < -0.3 is 10.1 Å². The van der Waals surface area contributed by atoms with Gasteiger partial charge in [-0.1, -0.05) is 30.3 Å². The molecule has 0 saturated heterocycles. The van der Waals surface area contributed by atoms with Gasteiger partial charge in [0, 0.05) is 12.7 Å². The number of thiazole rings is 1. The van der Waals surface area contributed by atoms with Gasteiger partial charge in [-0.05, 0) is 42.3 Å². The first-order chi connectivity index (χ1) is 11.8. The molecule has 0 atom stereocenters. The van der Waals surface area contributed by atoms with E-state index in [1.54, 1.807) is 30.6 Å². The molecule has 0 amide bonds. The second-order valence-electron chi connectivity index (χ2n) is 5.36. The summed E-state index contributed by atoms with van der Waals surface area (Å²) in [5.41, 5.74) is 2.19. The number of hydrogen-bond acceptors (Lipinski definition) is 4. The minimum Gasteiger partial charge on any atom is -0.496 e. The van der Waals surface area contributed by atoms with Gasteiger partial charge in [0.2, 0.25) is 0 Å². The molecule has 0 aliphatic rings. The molecule has 3 rings (SSSR count). The van der Waals surface area contributed by atoms with Crippen molar-refractivity contribution < 1.29 is 9.13 Å². The molecule has 0 bridgehead atoms. The van der Waals surface area contributed by atoms with Gasteiger partial charge in [0.15, 0.2) is 0 Å². The van der Waals surface area contributed by atoms with Crippen LogP contribution in [0.5, 0.6) is 5.75 Å². The highest BCUT2D eigenvalue weighted by atomic mass is 32.1. The van der Waals surface area contributed by atoms with Crippen LogP contribution in [0, 0.1) is 5.82 Å². The Hall–Kier alpha value is -2.24. The summed E-state index contributed by atoms with van der Waals surface area (Å²) in [4.78, 5) is 5.48. The number of halogens is 1. The standard InChI is InChI=1S/C19H19FN2OS/c1-23-17-5-3-2-4-14(17)10-11-21-13-19-22-12-18(24-19)15-6-8-16(20)9-7-15/h2-9,12,21H,10-11,13H2,1H3. The summed E-state index contributed by atoms with van der Waals surface area (Å²) in [5.74, 6) is 0.702. The Morgan fingerprint density at radius 3 is 2.71 bits per heavy atom. The average Bonchev–Trinajstić information content (AvgIpc) is 3.08. The van der Waals surface area contributed by atoms with Gasteiger partial charge in [-0.2, -0.15) is 0 Å². The maximum Gasteiger partial charge on any atom is 0.123 e. The summed E-state index contributed by atoms with van der Waals surface area (Å²) in [7, 11) is 1.69. The Morgan fingerprint density at radius 2 is 1.92 bits per heavy atom. The molecule has 2 aromatic carbocycles. The van der Waals surface area contributed by atoms with Gasteiger partial charge in [0.1, 0.15) is 16.6 Å². The molecule has 0 fully saturated rings. The van der Waals surface area contributed by atoms with Gasteiger partial charge in [0.25, 0.3) is 0 Å². The van der Waals surface area contributed by atoms with E-state index in [9.17, 15) is 4.39 Å². The van der Waals surface area contributed by atoms with Crippen molar-refractivity contribution in [1.82, 2.24) is 10.3 Å². The minimum absolute atomic E-state index is 0.221. The molecule has 0 aliphatic carbocycles. The van der Waals surface area contributed by atoms with Crippen LogP contribution in [-0.2, 0) is 13.0 Å². The molecule has 1 N–H and O–H groups in total. The quantitative estimate of drug-likeness (QED) is 0.651. The fraction of sp³-hybridized carbons (Fsp3) is 0.211. The number of nitrogens with one attached hydrogen (secondary N) is 1. The normalized spacial score (nSPS) is 10.8. The highest BCUT2D eigenvalue weighted by Gasteiger charge is 2.05. The molecule has 3 nitrogen and oxygen atoms in total. The van der Waals surface area contributed by atoms with E-state index in [1.165, 1.54) is 17.7 Å². The van der Waals surface area contributed by atoms with Gasteiger partial charge in [-0.25, -0.2) is 9.37 Å². The van der Waals surface area contributed by atoms with Gasteiger partial charge in [-0.3, -0.25) is 0 Å². The first kappa shape index (κ1) is 16.6. The molecule has 24 heavy (non-hydrogen) atoms. The summed E-state index contributed by atoms with van der Waals surface area (Å²) in [6.45, 7) is 1.58. The number of aromatic nitrogens is 1. The molecule has 5 heteroatoms. The van der Waals surface area contributed by atoms with E-state index in [0.29, 0.717) is 0 Å². The first-order valence-corrected chi connectivity index (χ1v) is 8.61. The van der Waals surface area contributed by atoms with E-state index < -0.39 is 0 Å². The lowest BCUT2D eigenvalue weighted by Gasteiger charge is -2.08. The molecular weight excluding hydrogens is 323 g/mol. The zero-order valence-corrected chi connectivity index (χ0v) is 14.3. The highest BCUT2D eigenvalue weighted by molar-refractivity contribution is 7.15. The van der Waals surface area contributed by atoms with Crippen molar-refractivity contribution in [2.75, 3.05) is 13.7 Å². The van der Waals surface area contributed by atoms with E-state index in [2.05, 4.69) is 16.4 Å². The van der Waals surface area contributed by atoms with Gasteiger partial charge in [-0.15, -0.1) is 11.3 Å². The number of rotatable bonds is 7. The summed E-state index contributed by atoms with van der Waals surface area (Å²) in [6.07, 6.45) is 2.75. The third-order valence-corrected chi connectivity index (χ3v) is 4.77. The molecule has 124 valence electrons. The number of nitrogens with zero attached hydrogens (tertiary/aromatic N) is 1. The van der Waals surface area contributed by atoms with Crippen LogP contribution < -0.4 is 10.1 Å². The molecule has 0 spiro atoms. The maximum absolute atomic E-state index is 13.0. The Balaban J connectivity index is 1.52. The fourth-order valence-corrected chi connectivity index (χ4v) is 3.36. The van der Waals surface area contributed by atoms with Crippen LogP contribution in [0.25, 0.3) is 10.4 Å². The van der Waals surface area contributed by atoms with Crippen LogP contribution in [-0.4, -0.2) is 18.6 Å². The largest absolute Gasteiger partial charge is 0.496 e. The minimum atomic E-state index is -0.221. The molecular formula is C19H19FN2OS. The van der Waals surface area contributed by atoms with E-state index in [0.717, 1.165) is 40.7 Å². The van der Waals surface area contributed by atoms with Crippen molar-refractivity contribution >= 4 is 11.3 Å². The zero-order chi connectivity index (χ0) is 16.8. The van der Waals surface area contributed by atoms with Crippen molar-refractivity contribution in [3.63, 3.8) is 0 Å². The molecule has 0 radical (unpaired) electrons.